The summed E-state index contributed by atoms with van der Waals surface area (Å²) in [4.78, 5) is 8.39. The lowest BCUT2D eigenvalue weighted by molar-refractivity contribution is -0.140. The summed E-state index contributed by atoms with van der Waals surface area (Å²) in [6.45, 7) is 0. The highest BCUT2D eigenvalue weighted by molar-refractivity contribution is 7.87. The van der Waals surface area contributed by atoms with Crippen LogP contribution in [-0.2, 0) is 14.9 Å². The van der Waals surface area contributed by atoms with Crippen LogP contribution in [0.4, 0.5) is 0 Å². The molecule has 6 nitrogen and oxygen atoms in total. The normalized spacial score (nSPS) is 31.7. The fourth-order valence-electron chi connectivity index (χ4n) is 1.16. The van der Waals surface area contributed by atoms with Crippen molar-refractivity contribution in [1.29, 1.82) is 0 Å². The van der Waals surface area contributed by atoms with Crippen LogP contribution in [-0.4, -0.2) is 28.9 Å². The van der Waals surface area contributed by atoms with Gasteiger partial charge in [-0.25, -0.2) is 0 Å². The highest BCUT2D eigenvalue weighted by atomic mass is 32.2. The van der Waals surface area contributed by atoms with Gasteiger partial charge in [0.1, 0.15) is 5.92 Å². The minimum atomic E-state index is -4.66. The Kier molecular flexibility index (Phi) is 2.49. The predicted molar refractivity (Wildman–Crippen MR) is 47.9 cm³/mol. The fraction of sp³-hybridized carbons (Fsp3) is 0.286. The van der Waals surface area contributed by atoms with E-state index in [1.807, 2.05) is 0 Å². The maximum Gasteiger partial charge on any atom is 0.313 e. The Morgan fingerprint density at radius 3 is 2.36 bits per heavy atom. The third-order valence-corrected chi connectivity index (χ3v) is 3.25. The Labute approximate surface area is 80.5 Å². The van der Waals surface area contributed by atoms with Gasteiger partial charge in [0.15, 0.2) is 4.87 Å². The summed E-state index contributed by atoms with van der Waals surface area (Å²) in [5, 5.41) is 8.70. The average molecular weight is 219 g/mol. The van der Waals surface area contributed by atoms with Crippen LogP contribution >= 0.6 is 0 Å². The van der Waals surface area contributed by atoms with Crippen molar-refractivity contribution in [2.75, 3.05) is 0 Å². The topological polar surface area (TPSA) is 118 Å². The molecule has 14 heavy (non-hydrogen) atoms. The number of nitrogens with two attached hydrogens (primary N) is 1. The third-order valence-electron chi connectivity index (χ3n) is 1.97. The smallest absolute Gasteiger partial charge is 0.313 e. The first-order chi connectivity index (χ1) is 6.29. The summed E-state index contributed by atoms with van der Waals surface area (Å²) in [6, 6.07) is 0. The fourth-order valence-corrected chi connectivity index (χ4v) is 1.91. The zero-order valence-corrected chi connectivity index (χ0v) is 7.81. The number of carboxylic acids is 1. The molecule has 1 rings (SSSR count). The van der Waals surface area contributed by atoms with Gasteiger partial charge in [0.25, 0.3) is 10.1 Å². The van der Waals surface area contributed by atoms with Crippen LogP contribution in [0.25, 0.3) is 0 Å². The Hall–Kier alpha value is -1.18. The molecule has 1 aliphatic rings. The molecule has 0 fully saturated rings. The highest BCUT2D eigenvalue weighted by Gasteiger charge is 2.47. The Morgan fingerprint density at radius 1 is 1.43 bits per heavy atom. The molecule has 0 heterocycles. The lowest BCUT2D eigenvalue weighted by atomic mass is 9.95. The second-order valence-corrected chi connectivity index (χ2v) is 4.55. The Balaban J connectivity index is 3.27. The minimum Gasteiger partial charge on any atom is -0.481 e. The maximum absolute atomic E-state index is 10.9. The monoisotopic (exact) mass is 219 g/mol. The molecular weight excluding hydrogens is 210 g/mol. The molecule has 0 amide bonds. The molecule has 2 atom stereocenters. The van der Waals surface area contributed by atoms with Gasteiger partial charge in [-0.05, 0) is 6.08 Å². The quantitative estimate of drug-likeness (QED) is 0.531. The van der Waals surface area contributed by atoms with E-state index in [4.69, 9.17) is 15.4 Å². The summed E-state index contributed by atoms with van der Waals surface area (Å²) >= 11 is 0. The predicted octanol–water partition coefficient (Wildman–Crippen LogP) is -0.644. The van der Waals surface area contributed by atoms with Crippen molar-refractivity contribution in [3.63, 3.8) is 0 Å². The van der Waals surface area contributed by atoms with Gasteiger partial charge in [-0.1, -0.05) is 18.2 Å². The standard InChI is InChI=1S/C7H9NO5S/c8-7(14(11,12)13)4-2-1-3-5(7)6(9)10/h1-5H,8H2,(H,9,10)(H,11,12,13). The molecule has 0 saturated heterocycles. The summed E-state index contributed by atoms with van der Waals surface area (Å²) in [5.74, 6) is -2.90. The van der Waals surface area contributed by atoms with E-state index in [2.05, 4.69) is 0 Å². The van der Waals surface area contributed by atoms with Gasteiger partial charge in [0.2, 0.25) is 0 Å². The van der Waals surface area contributed by atoms with Crippen LogP contribution in [0.3, 0.4) is 0 Å². The maximum atomic E-state index is 10.9. The number of hydrogen-bond acceptors (Lipinski definition) is 4. The van der Waals surface area contributed by atoms with Gasteiger partial charge in [-0.3, -0.25) is 9.35 Å². The van der Waals surface area contributed by atoms with Crippen LogP contribution in [0, 0.1) is 5.92 Å². The first kappa shape index (κ1) is 10.9. The van der Waals surface area contributed by atoms with Crippen molar-refractivity contribution in [2.24, 2.45) is 11.7 Å². The molecular formula is C7H9NO5S. The van der Waals surface area contributed by atoms with Crippen molar-refractivity contribution in [3.8, 4) is 0 Å². The minimum absolute atomic E-state index is 0.946. The summed E-state index contributed by atoms with van der Waals surface area (Å²) in [7, 11) is -4.66. The lowest BCUT2D eigenvalue weighted by Crippen LogP contribution is -2.54. The van der Waals surface area contributed by atoms with Crippen LogP contribution < -0.4 is 5.73 Å². The number of hydrogen-bond donors (Lipinski definition) is 3. The van der Waals surface area contributed by atoms with Crippen molar-refractivity contribution in [3.05, 3.63) is 24.3 Å². The molecule has 0 saturated carbocycles. The highest BCUT2D eigenvalue weighted by Crippen LogP contribution is 2.27. The third kappa shape index (κ3) is 1.57. The second kappa shape index (κ2) is 3.19. The van der Waals surface area contributed by atoms with E-state index in [1.165, 1.54) is 12.2 Å². The van der Waals surface area contributed by atoms with Gasteiger partial charge >= 0.3 is 5.97 Å². The van der Waals surface area contributed by atoms with Crippen LogP contribution in [0.1, 0.15) is 0 Å². The second-order valence-electron chi connectivity index (χ2n) is 2.89. The molecule has 0 radical (unpaired) electrons. The average Bonchev–Trinajstić information content (AvgIpc) is 2.02. The zero-order valence-electron chi connectivity index (χ0n) is 6.99. The van der Waals surface area contributed by atoms with Crippen molar-refractivity contribution < 1.29 is 22.9 Å². The molecule has 0 aromatic rings. The number of carbonyl (C=O) groups is 1. The number of rotatable bonds is 2. The summed E-state index contributed by atoms with van der Waals surface area (Å²) < 4.78 is 30.6. The number of aliphatic carboxylic acids is 1. The van der Waals surface area contributed by atoms with E-state index < -0.39 is 26.9 Å². The molecule has 0 aromatic heterocycles. The molecule has 0 bridgehead atoms. The Morgan fingerprint density at radius 2 is 2.00 bits per heavy atom. The van der Waals surface area contributed by atoms with Gasteiger partial charge < -0.3 is 10.8 Å². The Bertz CT molecular complexity index is 410. The van der Waals surface area contributed by atoms with Gasteiger partial charge in [-0.2, -0.15) is 8.42 Å². The van der Waals surface area contributed by atoms with Crippen molar-refractivity contribution in [2.45, 2.75) is 4.87 Å². The molecule has 0 aliphatic heterocycles. The van der Waals surface area contributed by atoms with Gasteiger partial charge in [-0.15, -0.1) is 0 Å². The molecule has 1 aliphatic carbocycles. The first-order valence-corrected chi connectivity index (χ1v) is 5.08. The number of allylic oxidation sites excluding steroid dienone is 2. The number of carboxylic acid groups (broad SMARTS) is 1. The summed E-state index contributed by atoms with van der Waals surface area (Å²) in [5.41, 5.74) is 5.32. The molecule has 4 N–H and O–H groups in total. The first-order valence-electron chi connectivity index (χ1n) is 3.64. The van der Waals surface area contributed by atoms with Crippen LogP contribution in [0.2, 0.25) is 0 Å². The zero-order chi connectivity index (χ0) is 11.0. The molecule has 7 heteroatoms. The van der Waals surface area contributed by atoms with E-state index in [9.17, 15) is 13.2 Å². The SMILES string of the molecule is NC1(S(=O)(=O)O)C=CC=CC1C(=O)O. The van der Waals surface area contributed by atoms with Crippen LogP contribution in [0.5, 0.6) is 0 Å². The molecule has 0 aromatic carbocycles. The van der Waals surface area contributed by atoms with E-state index in [0.717, 1.165) is 12.2 Å². The van der Waals surface area contributed by atoms with Gasteiger partial charge in [0, 0.05) is 0 Å². The van der Waals surface area contributed by atoms with Crippen molar-refractivity contribution >= 4 is 16.1 Å². The van der Waals surface area contributed by atoms with Crippen LogP contribution in [0.15, 0.2) is 24.3 Å². The van der Waals surface area contributed by atoms with Gasteiger partial charge in [0.05, 0.1) is 0 Å². The lowest BCUT2D eigenvalue weighted by Gasteiger charge is -2.28. The van der Waals surface area contributed by atoms with E-state index in [0.29, 0.717) is 0 Å². The molecule has 2 unspecified atom stereocenters. The molecule has 0 spiro atoms. The largest absolute Gasteiger partial charge is 0.481 e. The molecule has 78 valence electrons. The van der Waals surface area contributed by atoms with E-state index >= 15 is 0 Å². The van der Waals surface area contributed by atoms with E-state index in [1.54, 1.807) is 0 Å². The van der Waals surface area contributed by atoms with Crippen molar-refractivity contribution in [1.82, 2.24) is 0 Å². The van der Waals surface area contributed by atoms with E-state index in [-0.39, 0.29) is 0 Å². The summed E-state index contributed by atoms with van der Waals surface area (Å²) in [6.07, 6.45) is 4.68.